The Morgan fingerprint density at radius 3 is 1.85 bits per heavy atom. The first kappa shape index (κ1) is 14.5. The molecule has 0 aliphatic rings. The Morgan fingerprint density at radius 2 is 1.62 bits per heavy atom. The van der Waals surface area contributed by atoms with Crippen molar-refractivity contribution >= 4 is 5.78 Å². The molecule has 0 rings (SSSR count). The van der Waals surface area contributed by atoms with E-state index in [2.05, 4.69) is 0 Å². The molecule has 0 aromatic heterocycles. The minimum Gasteiger partial charge on any atom is -0.402 e. The second kappa shape index (κ2) is 11.0. The van der Waals surface area contributed by atoms with Crippen LogP contribution in [-0.2, 0) is 4.79 Å². The minimum atomic E-state index is 0.106. The summed E-state index contributed by atoms with van der Waals surface area (Å²) in [6.45, 7) is 7.75. The van der Waals surface area contributed by atoms with Crippen molar-refractivity contribution in [2.24, 2.45) is 5.73 Å². The lowest BCUT2D eigenvalue weighted by molar-refractivity contribution is -0.114. The van der Waals surface area contributed by atoms with Crippen LogP contribution in [0.3, 0.4) is 0 Å². The van der Waals surface area contributed by atoms with Crippen LogP contribution in [0.2, 0.25) is 0 Å². The predicted molar refractivity (Wildman–Crippen MR) is 58.3 cm³/mol. The highest BCUT2D eigenvalue weighted by molar-refractivity contribution is 5.89. The van der Waals surface area contributed by atoms with E-state index in [4.69, 9.17) is 5.73 Å². The zero-order valence-corrected chi connectivity index (χ0v) is 9.13. The molecule has 0 fully saturated rings. The van der Waals surface area contributed by atoms with Gasteiger partial charge in [0.1, 0.15) is 0 Å². The van der Waals surface area contributed by atoms with Gasteiger partial charge in [-0.3, -0.25) is 4.79 Å². The molecule has 0 saturated carbocycles. The third kappa shape index (κ3) is 13.9. The third-order valence-corrected chi connectivity index (χ3v) is 1.44. The van der Waals surface area contributed by atoms with E-state index in [1.54, 1.807) is 0 Å². The maximum absolute atomic E-state index is 10.6. The van der Waals surface area contributed by atoms with Gasteiger partial charge in [0.2, 0.25) is 0 Å². The summed E-state index contributed by atoms with van der Waals surface area (Å²) in [5.74, 6) is 0.106. The van der Waals surface area contributed by atoms with E-state index in [0.717, 1.165) is 6.42 Å². The number of hydrogen-bond donors (Lipinski definition) is 1. The Hall–Kier alpha value is -1.05. The molecular weight excluding hydrogens is 162 g/mol. The molecule has 2 heteroatoms. The highest BCUT2D eigenvalue weighted by Crippen LogP contribution is 1.92. The van der Waals surface area contributed by atoms with E-state index < -0.39 is 0 Å². The average molecular weight is 183 g/mol. The first-order chi connectivity index (χ1) is 6.12. The molecule has 76 valence electrons. The van der Waals surface area contributed by atoms with Gasteiger partial charge < -0.3 is 5.73 Å². The van der Waals surface area contributed by atoms with Crippen molar-refractivity contribution < 1.29 is 4.79 Å². The van der Waals surface area contributed by atoms with E-state index in [9.17, 15) is 4.79 Å². The number of ketones is 1. The summed E-state index contributed by atoms with van der Waals surface area (Å²) in [6.07, 6.45) is 6.80. The minimum absolute atomic E-state index is 0.106. The van der Waals surface area contributed by atoms with Crippen LogP contribution in [0.1, 0.15) is 40.5 Å². The molecule has 0 radical (unpaired) electrons. The molecule has 2 nitrogen and oxygen atoms in total. The van der Waals surface area contributed by atoms with Crippen molar-refractivity contribution in [3.63, 3.8) is 0 Å². The van der Waals surface area contributed by atoms with Gasteiger partial charge in [-0.05, 0) is 26.3 Å². The van der Waals surface area contributed by atoms with Gasteiger partial charge in [0.25, 0.3) is 0 Å². The fourth-order valence-corrected chi connectivity index (χ4v) is 0.411. The zero-order valence-electron chi connectivity index (χ0n) is 9.13. The highest BCUT2D eigenvalue weighted by atomic mass is 16.1. The van der Waals surface area contributed by atoms with Gasteiger partial charge in [-0.15, -0.1) is 0 Å². The standard InChI is InChI=1S/C7H13NO.C4H8/c1-3-6(8)5-7(9)4-2;1-3-4-2/h5H,3-4,8H2,1-2H3;3-4H,1-2H3/b6-5-;4-3-. The second-order valence-electron chi connectivity index (χ2n) is 2.56. The van der Waals surface area contributed by atoms with E-state index in [0.29, 0.717) is 12.1 Å². The smallest absolute Gasteiger partial charge is 0.157 e. The fraction of sp³-hybridized carbons (Fsp3) is 0.545. The molecule has 0 atom stereocenters. The zero-order chi connectivity index (χ0) is 10.7. The molecule has 0 aromatic rings. The number of rotatable bonds is 3. The molecular formula is C11H21NO. The lowest BCUT2D eigenvalue weighted by Crippen LogP contribution is -1.99. The van der Waals surface area contributed by atoms with E-state index in [1.807, 2.05) is 39.8 Å². The van der Waals surface area contributed by atoms with Crippen molar-refractivity contribution in [1.82, 2.24) is 0 Å². The van der Waals surface area contributed by atoms with Crippen LogP contribution in [0.25, 0.3) is 0 Å². The van der Waals surface area contributed by atoms with E-state index >= 15 is 0 Å². The molecule has 0 heterocycles. The molecule has 0 aliphatic carbocycles. The van der Waals surface area contributed by atoms with Gasteiger partial charge in [-0.25, -0.2) is 0 Å². The highest BCUT2D eigenvalue weighted by Gasteiger charge is 1.91. The summed E-state index contributed by atoms with van der Waals surface area (Å²) in [5, 5.41) is 0. The Bertz CT molecular complexity index is 177. The lowest BCUT2D eigenvalue weighted by atomic mass is 10.2. The molecule has 0 spiro atoms. The van der Waals surface area contributed by atoms with Gasteiger partial charge in [-0.1, -0.05) is 26.0 Å². The van der Waals surface area contributed by atoms with Gasteiger partial charge >= 0.3 is 0 Å². The summed E-state index contributed by atoms with van der Waals surface area (Å²) < 4.78 is 0. The molecule has 13 heavy (non-hydrogen) atoms. The van der Waals surface area contributed by atoms with Crippen LogP contribution in [0.4, 0.5) is 0 Å². The van der Waals surface area contributed by atoms with Crippen LogP contribution in [-0.4, -0.2) is 5.78 Å². The molecule has 2 N–H and O–H groups in total. The summed E-state index contributed by atoms with van der Waals surface area (Å²) in [7, 11) is 0. The molecule has 0 amide bonds. The Labute approximate surface area is 81.5 Å². The van der Waals surface area contributed by atoms with Gasteiger partial charge in [0, 0.05) is 12.1 Å². The van der Waals surface area contributed by atoms with Crippen LogP contribution in [0, 0.1) is 0 Å². The predicted octanol–water partition coefficient (Wildman–Crippen LogP) is 2.80. The average Bonchev–Trinajstić information content (AvgIpc) is 2.17. The van der Waals surface area contributed by atoms with Crippen molar-refractivity contribution in [3.05, 3.63) is 23.9 Å². The second-order valence-corrected chi connectivity index (χ2v) is 2.56. The number of carbonyl (C=O) groups excluding carboxylic acids is 1. The first-order valence-electron chi connectivity index (χ1n) is 4.68. The van der Waals surface area contributed by atoms with Crippen LogP contribution < -0.4 is 5.73 Å². The number of nitrogens with two attached hydrogens (primary N) is 1. The fourth-order valence-electron chi connectivity index (χ4n) is 0.411. The maximum Gasteiger partial charge on any atom is 0.157 e. The monoisotopic (exact) mass is 183 g/mol. The molecule has 0 aliphatic heterocycles. The van der Waals surface area contributed by atoms with Crippen LogP contribution in [0.5, 0.6) is 0 Å². The van der Waals surface area contributed by atoms with Crippen LogP contribution in [0.15, 0.2) is 23.9 Å². The van der Waals surface area contributed by atoms with Crippen molar-refractivity contribution in [2.45, 2.75) is 40.5 Å². The Kier molecular flexibility index (Phi) is 12.2. The lowest BCUT2D eigenvalue weighted by Gasteiger charge is -1.91. The van der Waals surface area contributed by atoms with Crippen molar-refractivity contribution in [1.29, 1.82) is 0 Å². The van der Waals surface area contributed by atoms with Gasteiger partial charge in [0.15, 0.2) is 5.78 Å². The van der Waals surface area contributed by atoms with Crippen molar-refractivity contribution in [3.8, 4) is 0 Å². The first-order valence-corrected chi connectivity index (χ1v) is 4.68. The normalized spacial score (nSPS) is 10.9. The van der Waals surface area contributed by atoms with Crippen molar-refractivity contribution in [2.75, 3.05) is 0 Å². The largest absolute Gasteiger partial charge is 0.402 e. The number of carbonyl (C=O) groups is 1. The van der Waals surface area contributed by atoms with Gasteiger partial charge in [-0.2, -0.15) is 0 Å². The molecule has 0 bridgehead atoms. The number of allylic oxidation sites excluding steroid dienone is 4. The summed E-state index contributed by atoms with van der Waals surface area (Å²) in [6, 6.07) is 0. The topological polar surface area (TPSA) is 43.1 Å². The maximum atomic E-state index is 10.6. The number of hydrogen-bond acceptors (Lipinski definition) is 2. The molecule has 0 aromatic carbocycles. The SMILES string of the molecule is C/C=C\C.CCC(=O)/C=C(\N)CC. The summed E-state index contributed by atoms with van der Waals surface area (Å²) in [5.41, 5.74) is 6.06. The van der Waals surface area contributed by atoms with E-state index in [-0.39, 0.29) is 5.78 Å². The quantitative estimate of drug-likeness (QED) is 0.540. The Morgan fingerprint density at radius 1 is 1.15 bits per heavy atom. The third-order valence-electron chi connectivity index (χ3n) is 1.44. The Balaban J connectivity index is 0. The molecule has 0 unspecified atom stereocenters. The van der Waals surface area contributed by atoms with Crippen LogP contribution >= 0.6 is 0 Å². The summed E-state index contributed by atoms with van der Waals surface area (Å²) in [4.78, 5) is 10.6. The summed E-state index contributed by atoms with van der Waals surface area (Å²) >= 11 is 0. The van der Waals surface area contributed by atoms with E-state index in [1.165, 1.54) is 6.08 Å². The van der Waals surface area contributed by atoms with Gasteiger partial charge in [0.05, 0.1) is 0 Å². The molecule has 0 saturated heterocycles.